The summed E-state index contributed by atoms with van der Waals surface area (Å²) in [6.45, 7) is 1.18. The number of nitrogens with zero attached hydrogens (tertiary/aromatic N) is 2. The fourth-order valence-electron chi connectivity index (χ4n) is 0.972. The molecule has 0 saturated carbocycles. The van der Waals surface area contributed by atoms with Crippen molar-refractivity contribution in [3.05, 3.63) is 11.8 Å². The highest BCUT2D eigenvalue weighted by Gasteiger charge is 2.29. The van der Waals surface area contributed by atoms with E-state index in [1.165, 1.54) is 13.1 Å². The highest BCUT2D eigenvalue weighted by Crippen LogP contribution is 2.13. The molecule has 0 radical (unpaired) electrons. The number of sulfonamides is 1. The predicted octanol–water partition coefficient (Wildman–Crippen LogP) is -0.415. The van der Waals surface area contributed by atoms with E-state index in [4.69, 9.17) is 5.26 Å². The van der Waals surface area contributed by atoms with E-state index in [1.807, 2.05) is 0 Å². The molecule has 1 atom stereocenters. The second-order valence-electron chi connectivity index (χ2n) is 3.08. The largest absolute Gasteiger partial charge is 0.468 e. The Bertz CT molecular complexity index is 556. The van der Waals surface area contributed by atoms with Crippen molar-refractivity contribution in [3.8, 4) is 6.07 Å². The third kappa shape index (κ3) is 2.73. The van der Waals surface area contributed by atoms with Gasteiger partial charge in [-0.05, 0) is 6.92 Å². The highest BCUT2D eigenvalue weighted by molar-refractivity contribution is 7.94. The van der Waals surface area contributed by atoms with Crippen molar-refractivity contribution in [2.45, 2.75) is 12.2 Å². The minimum Gasteiger partial charge on any atom is -0.468 e. The summed E-state index contributed by atoms with van der Waals surface area (Å²) in [5.41, 5.74) is 0.0330. The zero-order valence-corrected chi connectivity index (χ0v) is 9.91. The molecule has 0 spiro atoms. The summed E-state index contributed by atoms with van der Waals surface area (Å²) in [6, 6.07) is 1.74. The molecule has 1 aromatic heterocycles. The molecule has 0 aliphatic heterocycles. The van der Waals surface area contributed by atoms with Crippen molar-refractivity contribution in [2.24, 2.45) is 0 Å². The number of methoxy groups -OCH3 is 1. The molecule has 92 valence electrons. The van der Waals surface area contributed by atoms with Crippen LogP contribution in [0.3, 0.4) is 0 Å². The number of carbonyl (C=O) groups is 1. The van der Waals surface area contributed by atoms with Crippen molar-refractivity contribution in [2.75, 3.05) is 11.8 Å². The van der Waals surface area contributed by atoms with Gasteiger partial charge in [-0.1, -0.05) is 0 Å². The third-order valence-corrected chi connectivity index (χ3v) is 3.61. The summed E-state index contributed by atoms with van der Waals surface area (Å²) in [5.74, 6) is -0.973. The second-order valence-corrected chi connectivity index (χ2v) is 5.08. The summed E-state index contributed by atoms with van der Waals surface area (Å²) in [6.07, 6.45) is 1.17. The van der Waals surface area contributed by atoms with Crippen LogP contribution in [0.1, 0.15) is 12.5 Å². The number of carbonyl (C=O) groups excluding carboxylic acids is 1. The Morgan fingerprint density at radius 2 is 2.35 bits per heavy atom. The molecular formula is C8H10N4O4S. The van der Waals surface area contributed by atoms with E-state index >= 15 is 0 Å². The van der Waals surface area contributed by atoms with Crippen molar-refractivity contribution in [1.29, 1.82) is 5.26 Å². The summed E-state index contributed by atoms with van der Waals surface area (Å²) < 4.78 is 29.8. The minimum atomic E-state index is -3.97. The van der Waals surface area contributed by atoms with Crippen LogP contribution in [-0.4, -0.2) is 36.9 Å². The monoisotopic (exact) mass is 258 g/mol. The number of aromatic amines is 1. The van der Waals surface area contributed by atoms with E-state index in [1.54, 1.807) is 6.07 Å². The molecule has 0 aromatic carbocycles. The SMILES string of the molecule is COC(=O)C(C)S(=O)(=O)Nc1[nH]ncc1C#N. The Labute approximate surface area is 97.6 Å². The molecule has 1 aromatic rings. The Morgan fingerprint density at radius 3 is 2.88 bits per heavy atom. The van der Waals surface area contributed by atoms with E-state index in [0.29, 0.717) is 0 Å². The zero-order chi connectivity index (χ0) is 13.1. The first-order chi connectivity index (χ1) is 7.92. The van der Waals surface area contributed by atoms with Gasteiger partial charge in [-0.3, -0.25) is 14.6 Å². The van der Waals surface area contributed by atoms with Crippen LogP contribution in [0.25, 0.3) is 0 Å². The van der Waals surface area contributed by atoms with Gasteiger partial charge in [-0.15, -0.1) is 0 Å². The molecule has 0 bridgehead atoms. The van der Waals surface area contributed by atoms with E-state index in [-0.39, 0.29) is 11.4 Å². The topological polar surface area (TPSA) is 125 Å². The molecule has 2 N–H and O–H groups in total. The highest BCUT2D eigenvalue weighted by atomic mass is 32.2. The van der Waals surface area contributed by atoms with Gasteiger partial charge >= 0.3 is 5.97 Å². The Balaban J connectivity index is 2.95. The van der Waals surface area contributed by atoms with Crippen LogP contribution >= 0.6 is 0 Å². The van der Waals surface area contributed by atoms with Crippen molar-refractivity contribution < 1.29 is 17.9 Å². The minimum absolute atomic E-state index is 0.0330. The smallest absolute Gasteiger partial charge is 0.325 e. The molecule has 9 heteroatoms. The first kappa shape index (κ1) is 13.0. The van der Waals surface area contributed by atoms with Gasteiger partial charge in [0, 0.05) is 0 Å². The van der Waals surface area contributed by atoms with Gasteiger partial charge in [0.2, 0.25) is 10.0 Å². The number of ether oxygens (including phenoxy) is 1. The number of hydrogen-bond donors (Lipinski definition) is 2. The summed E-state index contributed by atoms with van der Waals surface area (Å²) in [7, 11) is -2.89. The molecular weight excluding hydrogens is 248 g/mol. The van der Waals surface area contributed by atoms with Gasteiger partial charge in [0.15, 0.2) is 11.1 Å². The number of anilines is 1. The third-order valence-electron chi connectivity index (χ3n) is 2.00. The molecule has 17 heavy (non-hydrogen) atoms. The van der Waals surface area contributed by atoms with Crippen molar-refractivity contribution >= 4 is 21.8 Å². The van der Waals surface area contributed by atoms with Crippen LogP contribution in [0.5, 0.6) is 0 Å². The van der Waals surface area contributed by atoms with E-state index in [9.17, 15) is 13.2 Å². The van der Waals surface area contributed by atoms with Crippen LogP contribution in [0, 0.1) is 11.3 Å². The lowest BCUT2D eigenvalue weighted by Crippen LogP contribution is -2.33. The zero-order valence-electron chi connectivity index (χ0n) is 9.09. The van der Waals surface area contributed by atoms with Gasteiger partial charge in [0.25, 0.3) is 0 Å². The van der Waals surface area contributed by atoms with Crippen LogP contribution in [0.15, 0.2) is 6.20 Å². The maximum absolute atomic E-state index is 11.7. The van der Waals surface area contributed by atoms with E-state index in [2.05, 4.69) is 19.7 Å². The molecule has 1 rings (SSSR count). The van der Waals surface area contributed by atoms with Crippen LogP contribution < -0.4 is 4.72 Å². The normalized spacial score (nSPS) is 12.5. The number of esters is 1. The van der Waals surface area contributed by atoms with Crippen LogP contribution in [0.4, 0.5) is 5.82 Å². The quantitative estimate of drug-likeness (QED) is 0.707. The molecule has 0 fully saturated rings. The summed E-state index contributed by atoms with van der Waals surface area (Å²) in [4.78, 5) is 11.1. The van der Waals surface area contributed by atoms with Crippen molar-refractivity contribution in [3.63, 3.8) is 0 Å². The van der Waals surface area contributed by atoms with Gasteiger partial charge in [0.05, 0.1) is 13.3 Å². The molecule has 0 aliphatic rings. The fraction of sp³-hybridized carbons (Fsp3) is 0.375. The molecule has 0 amide bonds. The molecule has 0 saturated heterocycles. The van der Waals surface area contributed by atoms with Gasteiger partial charge in [0.1, 0.15) is 11.6 Å². The Morgan fingerprint density at radius 1 is 1.71 bits per heavy atom. The Hall–Kier alpha value is -2.08. The lowest BCUT2D eigenvalue weighted by atomic mass is 10.4. The second kappa shape index (κ2) is 4.84. The van der Waals surface area contributed by atoms with Gasteiger partial charge < -0.3 is 4.74 Å². The number of nitrogens with one attached hydrogen (secondary N) is 2. The maximum Gasteiger partial charge on any atom is 0.325 e. The lowest BCUT2D eigenvalue weighted by molar-refractivity contribution is -0.139. The summed E-state index contributed by atoms with van der Waals surface area (Å²) in [5, 5.41) is 13.1. The maximum atomic E-state index is 11.7. The fourth-order valence-corrected chi connectivity index (χ4v) is 1.94. The van der Waals surface area contributed by atoms with E-state index < -0.39 is 21.2 Å². The van der Waals surface area contributed by atoms with Gasteiger partial charge in [-0.25, -0.2) is 8.42 Å². The molecule has 1 unspecified atom stereocenters. The molecule has 0 aliphatic carbocycles. The average molecular weight is 258 g/mol. The summed E-state index contributed by atoms with van der Waals surface area (Å²) >= 11 is 0. The lowest BCUT2D eigenvalue weighted by Gasteiger charge is -2.11. The first-order valence-electron chi connectivity index (χ1n) is 4.45. The van der Waals surface area contributed by atoms with Crippen LogP contribution in [-0.2, 0) is 19.6 Å². The number of hydrogen-bond acceptors (Lipinski definition) is 6. The molecule has 1 heterocycles. The van der Waals surface area contributed by atoms with Crippen LogP contribution in [0.2, 0.25) is 0 Å². The Kier molecular flexibility index (Phi) is 3.69. The van der Waals surface area contributed by atoms with Crippen molar-refractivity contribution in [1.82, 2.24) is 10.2 Å². The van der Waals surface area contributed by atoms with E-state index in [0.717, 1.165) is 7.11 Å². The number of nitriles is 1. The number of aromatic nitrogens is 2. The number of H-pyrrole nitrogens is 1. The van der Waals surface area contributed by atoms with Gasteiger partial charge in [-0.2, -0.15) is 10.4 Å². The number of rotatable bonds is 4. The predicted molar refractivity (Wildman–Crippen MR) is 57.3 cm³/mol. The average Bonchev–Trinajstić information content (AvgIpc) is 2.73. The standard InChI is InChI=1S/C8H10N4O4S/c1-5(8(13)16-2)17(14,15)12-7-6(3-9)4-10-11-7/h4-5H,1-2H3,(H2,10,11,12). The first-order valence-corrected chi connectivity index (χ1v) is 6.00. The molecule has 8 nitrogen and oxygen atoms in total.